The van der Waals surface area contributed by atoms with Gasteiger partial charge >= 0.3 is 0 Å². The van der Waals surface area contributed by atoms with Gasteiger partial charge in [0, 0.05) is 32.7 Å². The topological polar surface area (TPSA) is 66.6 Å². The molecule has 0 spiro atoms. The third kappa shape index (κ3) is 6.86. The van der Waals surface area contributed by atoms with E-state index in [0.29, 0.717) is 6.42 Å². The quantitative estimate of drug-likeness (QED) is 0.585. The maximum atomic E-state index is 11.4. The number of rotatable bonds is 7. The molecule has 0 aromatic rings. The van der Waals surface area contributed by atoms with E-state index in [-0.39, 0.29) is 18.6 Å². The Morgan fingerprint density at radius 3 is 2.57 bits per heavy atom. The van der Waals surface area contributed by atoms with Crippen LogP contribution in [0.4, 0.5) is 0 Å². The van der Waals surface area contributed by atoms with Crippen LogP contribution in [0.15, 0.2) is 0 Å². The van der Waals surface area contributed by atoms with E-state index in [2.05, 4.69) is 0 Å². The molecule has 0 saturated heterocycles. The van der Waals surface area contributed by atoms with Crippen molar-refractivity contribution < 1.29 is 9.90 Å². The summed E-state index contributed by atoms with van der Waals surface area (Å²) in [7, 11) is 1.80. The van der Waals surface area contributed by atoms with Gasteiger partial charge in [-0.05, 0) is 26.2 Å². The molecule has 84 valence electrons. The average molecular weight is 202 g/mol. The molecule has 0 fully saturated rings. The smallest absolute Gasteiger partial charge is 0.223 e. The highest BCUT2D eigenvalue weighted by molar-refractivity contribution is 5.76. The Labute approximate surface area is 86.1 Å². The molecule has 4 heteroatoms. The van der Waals surface area contributed by atoms with E-state index in [1.807, 2.05) is 6.92 Å². The molecule has 1 amide bonds. The minimum Gasteiger partial charge on any atom is -0.396 e. The molecule has 0 rings (SSSR count). The first-order chi connectivity index (χ1) is 6.57. The van der Waals surface area contributed by atoms with Crippen molar-refractivity contribution in [2.24, 2.45) is 5.73 Å². The predicted molar refractivity (Wildman–Crippen MR) is 56.8 cm³/mol. The second kappa shape index (κ2) is 7.76. The number of nitrogens with zero attached hydrogens (tertiary/aromatic N) is 1. The highest BCUT2D eigenvalue weighted by Crippen LogP contribution is 1.99. The lowest BCUT2D eigenvalue weighted by Gasteiger charge is -2.17. The van der Waals surface area contributed by atoms with Crippen LogP contribution in [-0.2, 0) is 4.79 Å². The van der Waals surface area contributed by atoms with Gasteiger partial charge in [-0.1, -0.05) is 0 Å². The summed E-state index contributed by atoms with van der Waals surface area (Å²) in [6.07, 6.45) is 3.14. The average Bonchev–Trinajstić information content (AvgIpc) is 2.11. The maximum absolute atomic E-state index is 11.4. The molecule has 0 aromatic heterocycles. The maximum Gasteiger partial charge on any atom is 0.223 e. The first-order valence-corrected chi connectivity index (χ1v) is 5.18. The monoisotopic (exact) mass is 202 g/mol. The van der Waals surface area contributed by atoms with Gasteiger partial charge in [-0.25, -0.2) is 0 Å². The Kier molecular flexibility index (Phi) is 7.42. The molecular weight excluding hydrogens is 180 g/mol. The van der Waals surface area contributed by atoms with E-state index >= 15 is 0 Å². The fourth-order valence-electron chi connectivity index (χ4n) is 1.19. The Balaban J connectivity index is 3.52. The second-order valence-electron chi connectivity index (χ2n) is 3.78. The summed E-state index contributed by atoms with van der Waals surface area (Å²) in [6.45, 7) is 2.82. The SMILES string of the molecule is CC(N)CC(=O)N(C)CCCCCO. The standard InChI is InChI=1S/C10H22N2O2/c1-9(11)8-10(14)12(2)6-4-3-5-7-13/h9,13H,3-8,11H2,1-2H3. The minimum atomic E-state index is -0.0672. The van der Waals surface area contributed by atoms with Crippen molar-refractivity contribution in [1.29, 1.82) is 0 Å². The Hall–Kier alpha value is -0.610. The Morgan fingerprint density at radius 2 is 2.07 bits per heavy atom. The van der Waals surface area contributed by atoms with Crippen molar-refractivity contribution in [3.63, 3.8) is 0 Å². The van der Waals surface area contributed by atoms with Crippen molar-refractivity contribution in [1.82, 2.24) is 4.90 Å². The molecule has 0 bridgehead atoms. The van der Waals surface area contributed by atoms with Crippen molar-refractivity contribution in [3.8, 4) is 0 Å². The first-order valence-electron chi connectivity index (χ1n) is 5.18. The van der Waals surface area contributed by atoms with Crippen molar-refractivity contribution in [2.75, 3.05) is 20.2 Å². The number of aliphatic hydroxyl groups is 1. The molecule has 0 radical (unpaired) electrons. The van der Waals surface area contributed by atoms with E-state index in [0.717, 1.165) is 25.8 Å². The number of hydrogen-bond acceptors (Lipinski definition) is 3. The largest absolute Gasteiger partial charge is 0.396 e. The van der Waals surface area contributed by atoms with Crippen LogP contribution in [0.2, 0.25) is 0 Å². The van der Waals surface area contributed by atoms with Crippen molar-refractivity contribution in [3.05, 3.63) is 0 Å². The molecule has 4 nitrogen and oxygen atoms in total. The van der Waals surface area contributed by atoms with Crippen LogP contribution in [-0.4, -0.2) is 42.2 Å². The Morgan fingerprint density at radius 1 is 1.43 bits per heavy atom. The van der Waals surface area contributed by atoms with E-state index in [1.54, 1.807) is 11.9 Å². The van der Waals surface area contributed by atoms with Gasteiger partial charge in [-0.15, -0.1) is 0 Å². The van der Waals surface area contributed by atoms with E-state index in [1.165, 1.54) is 0 Å². The molecule has 3 N–H and O–H groups in total. The summed E-state index contributed by atoms with van der Waals surface area (Å²) in [5.74, 6) is 0.101. The van der Waals surface area contributed by atoms with Crippen LogP contribution in [0.5, 0.6) is 0 Å². The molecule has 0 aliphatic carbocycles. The van der Waals surface area contributed by atoms with Crippen molar-refractivity contribution >= 4 is 5.91 Å². The van der Waals surface area contributed by atoms with Crippen LogP contribution >= 0.6 is 0 Å². The molecule has 1 atom stereocenters. The number of aliphatic hydroxyl groups excluding tert-OH is 1. The summed E-state index contributed by atoms with van der Waals surface area (Å²) in [6, 6.07) is -0.0672. The molecule has 0 aromatic carbocycles. The number of hydrogen-bond donors (Lipinski definition) is 2. The third-order valence-electron chi connectivity index (χ3n) is 2.07. The number of carbonyl (C=O) groups is 1. The van der Waals surface area contributed by atoms with E-state index in [9.17, 15) is 4.79 Å². The summed E-state index contributed by atoms with van der Waals surface area (Å²) in [4.78, 5) is 13.1. The number of unbranched alkanes of at least 4 members (excludes halogenated alkanes) is 2. The number of carbonyl (C=O) groups excluding carboxylic acids is 1. The van der Waals surface area contributed by atoms with Gasteiger partial charge in [-0.2, -0.15) is 0 Å². The molecule has 14 heavy (non-hydrogen) atoms. The highest BCUT2D eigenvalue weighted by atomic mass is 16.2. The van der Waals surface area contributed by atoms with Crippen LogP contribution in [0.3, 0.4) is 0 Å². The lowest BCUT2D eigenvalue weighted by atomic mass is 10.2. The molecule has 0 saturated carbocycles. The number of amides is 1. The molecule has 0 aliphatic heterocycles. The zero-order valence-electron chi connectivity index (χ0n) is 9.20. The van der Waals surface area contributed by atoms with Crippen LogP contribution in [0.25, 0.3) is 0 Å². The lowest BCUT2D eigenvalue weighted by Crippen LogP contribution is -2.32. The fourth-order valence-corrected chi connectivity index (χ4v) is 1.19. The summed E-state index contributed by atoms with van der Waals surface area (Å²) < 4.78 is 0. The zero-order valence-corrected chi connectivity index (χ0v) is 9.20. The van der Waals surface area contributed by atoms with Gasteiger partial charge in [-0.3, -0.25) is 4.79 Å². The van der Waals surface area contributed by atoms with E-state index < -0.39 is 0 Å². The second-order valence-corrected chi connectivity index (χ2v) is 3.78. The highest BCUT2D eigenvalue weighted by Gasteiger charge is 2.09. The minimum absolute atomic E-state index is 0.0672. The number of nitrogens with two attached hydrogens (primary N) is 1. The normalized spacial score (nSPS) is 12.6. The van der Waals surface area contributed by atoms with Crippen LogP contribution in [0, 0.1) is 0 Å². The van der Waals surface area contributed by atoms with Crippen molar-refractivity contribution in [2.45, 2.75) is 38.6 Å². The summed E-state index contributed by atoms with van der Waals surface area (Å²) in [5, 5.41) is 8.56. The Bertz CT molecular complexity index is 160. The molecule has 1 unspecified atom stereocenters. The van der Waals surface area contributed by atoms with E-state index in [4.69, 9.17) is 10.8 Å². The predicted octanol–water partition coefficient (Wildman–Crippen LogP) is 0.345. The molecular formula is C10H22N2O2. The van der Waals surface area contributed by atoms with Gasteiger partial charge in [0.2, 0.25) is 5.91 Å². The summed E-state index contributed by atoms with van der Waals surface area (Å²) >= 11 is 0. The fraction of sp³-hybridized carbons (Fsp3) is 0.900. The van der Waals surface area contributed by atoms with Crippen LogP contribution < -0.4 is 5.73 Å². The summed E-state index contributed by atoms with van der Waals surface area (Å²) in [5.41, 5.74) is 5.53. The lowest BCUT2D eigenvalue weighted by molar-refractivity contribution is -0.130. The van der Waals surface area contributed by atoms with Gasteiger partial charge < -0.3 is 15.7 Å². The van der Waals surface area contributed by atoms with Gasteiger partial charge in [0.25, 0.3) is 0 Å². The molecule has 0 heterocycles. The first kappa shape index (κ1) is 13.4. The third-order valence-corrected chi connectivity index (χ3v) is 2.07. The van der Waals surface area contributed by atoms with Gasteiger partial charge in [0.15, 0.2) is 0 Å². The molecule has 0 aliphatic rings. The van der Waals surface area contributed by atoms with Gasteiger partial charge in [0.1, 0.15) is 0 Å². The van der Waals surface area contributed by atoms with Crippen LogP contribution in [0.1, 0.15) is 32.6 Å². The zero-order chi connectivity index (χ0) is 11.0. The van der Waals surface area contributed by atoms with Gasteiger partial charge in [0.05, 0.1) is 0 Å².